The van der Waals surface area contributed by atoms with Crippen LogP contribution in [0.1, 0.15) is 40.9 Å². The number of carbonyl (C=O) groups is 1. The molecule has 0 saturated carbocycles. The minimum Gasteiger partial charge on any atom is -0.395 e. The number of thiazole rings is 1. The highest BCUT2D eigenvalue weighted by molar-refractivity contribution is 7.13. The highest BCUT2D eigenvalue weighted by Crippen LogP contribution is 2.28. The number of anilines is 1. The van der Waals surface area contributed by atoms with E-state index in [0.29, 0.717) is 37.8 Å². The van der Waals surface area contributed by atoms with Gasteiger partial charge in [0, 0.05) is 45.0 Å². The summed E-state index contributed by atoms with van der Waals surface area (Å²) in [7, 11) is 5.74. The molecule has 2 aromatic heterocycles. The van der Waals surface area contributed by atoms with Crippen LogP contribution in [0.3, 0.4) is 0 Å². The zero-order valence-corrected chi connectivity index (χ0v) is 16.9. The number of rotatable bonds is 7. The number of amides is 1. The van der Waals surface area contributed by atoms with Gasteiger partial charge in [-0.3, -0.25) is 9.69 Å². The monoisotopic (exact) mass is 393 g/mol. The number of hydrogen-bond acceptors (Lipinski definition) is 8. The lowest BCUT2D eigenvalue weighted by atomic mass is 9.95. The van der Waals surface area contributed by atoms with Gasteiger partial charge < -0.3 is 19.9 Å². The number of aromatic nitrogens is 4. The predicted molar refractivity (Wildman–Crippen MR) is 104 cm³/mol. The molecule has 10 heteroatoms. The van der Waals surface area contributed by atoms with Crippen molar-refractivity contribution in [2.24, 2.45) is 7.05 Å². The molecule has 0 aliphatic carbocycles. The maximum atomic E-state index is 12.6. The van der Waals surface area contributed by atoms with E-state index in [9.17, 15) is 4.79 Å². The van der Waals surface area contributed by atoms with Crippen molar-refractivity contribution in [2.75, 3.05) is 45.7 Å². The minimum absolute atomic E-state index is 0.00418. The number of aliphatic hydroxyl groups is 1. The molecular formula is C17H27N7O2S. The summed E-state index contributed by atoms with van der Waals surface area (Å²) >= 11 is 1.44. The van der Waals surface area contributed by atoms with Crippen LogP contribution in [0.25, 0.3) is 0 Å². The fourth-order valence-electron chi connectivity index (χ4n) is 3.35. The zero-order chi connectivity index (χ0) is 19.4. The Bertz CT molecular complexity index is 767. The summed E-state index contributed by atoms with van der Waals surface area (Å²) in [6, 6.07) is 0. The van der Waals surface area contributed by atoms with Gasteiger partial charge in [0.15, 0.2) is 5.13 Å². The summed E-state index contributed by atoms with van der Waals surface area (Å²) < 4.78 is 2.05. The van der Waals surface area contributed by atoms with Crippen molar-refractivity contribution < 1.29 is 9.90 Å². The molecule has 3 heterocycles. The third-order valence-electron chi connectivity index (χ3n) is 4.98. The summed E-state index contributed by atoms with van der Waals surface area (Å²) in [6.45, 7) is 2.78. The second-order valence-corrected chi connectivity index (χ2v) is 7.71. The lowest BCUT2D eigenvalue weighted by molar-refractivity contribution is 0.0705. The first kappa shape index (κ1) is 19.7. The first-order valence-corrected chi connectivity index (χ1v) is 10.0. The molecule has 3 rings (SSSR count). The van der Waals surface area contributed by atoms with Crippen LogP contribution in [0.5, 0.6) is 0 Å². The van der Waals surface area contributed by atoms with Crippen molar-refractivity contribution in [3.8, 4) is 0 Å². The quantitative estimate of drug-likeness (QED) is 0.716. The van der Waals surface area contributed by atoms with Gasteiger partial charge in [-0.25, -0.2) is 4.98 Å². The van der Waals surface area contributed by atoms with Crippen molar-refractivity contribution in [3.05, 3.63) is 22.7 Å². The summed E-state index contributed by atoms with van der Waals surface area (Å²) in [5.41, 5.74) is 0.510. The topological polar surface area (TPSA) is 99.4 Å². The SMILES string of the molecule is CNc1nc(C(=O)N2CCC(c3nnc(CN(C)CCO)n3C)CC2)cs1. The minimum atomic E-state index is -0.00418. The Morgan fingerprint density at radius 3 is 2.78 bits per heavy atom. The van der Waals surface area contributed by atoms with Crippen LogP contribution >= 0.6 is 11.3 Å². The highest BCUT2D eigenvalue weighted by Gasteiger charge is 2.28. The lowest BCUT2D eigenvalue weighted by Gasteiger charge is -2.31. The summed E-state index contributed by atoms with van der Waals surface area (Å²) in [6.07, 6.45) is 1.74. The third kappa shape index (κ3) is 4.45. The number of nitrogens with one attached hydrogen (secondary N) is 1. The number of nitrogens with zero attached hydrogens (tertiary/aromatic N) is 6. The molecule has 0 unspecified atom stereocenters. The van der Waals surface area contributed by atoms with Crippen LogP contribution in [0.4, 0.5) is 5.13 Å². The van der Waals surface area contributed by atoms with Crippen molar-refractivity contribution >= 4 is 22.4 Å². The summed E-state index contributed by atoms with van der Waals surface area (Å²) in [5, 5.41) is 23.3. The molecule has 2 N–H and O–H groups in total. The molecule has 0 radical (unpaired) electrons. The number of piperidine rings is 1. The van der Waals surface area contributed by atoms with E-state index in [2.05, 4.69) is 25.1 Å². The molecule has 1 saturated heterocycles. The number of hydrogen-bond donors (Lipinski definition) is 2. The average molecular weight is 394 g/mol. The van der Waals surface area contributed by atoms with Gasteiger partial charge in [-0.1, -0.05) is 0 Å². The van der Waals surface area contributed by atoms with E-state index in [0.717, 1.165) is 29.6 Å². The van der Waals surface area contributed by atoms with Gasteiger partial charge in [-0.2, -0.15) is 0 Å². The van der Waals surface area contributed by atoms with Gasteiger partial charge in [0.1, 0.15) is 17.3 Å². The van der Waals surface area contributed by atoms with E-state index in [-0.39, 0.29) is 12.5 Å². The van der Waals surface area contributed by atoms with E-state index in [1.54, 1.807) is 12.4 Å². The van der Waals surface area contributed by atoms with Crippen LogP contribution in [-0.2, 0) is 13.6 Å². The van der Waals surface area contributed by atoms with Gasteiger partial charge in [-0.15, -0.1) is 21.5 Å². The Hall–Kier alpha value is -2.04. The standard InChI is InChI=1S/C17H27N7O2S/c1-18-17-19-13(11-27-17)16(26)24-6-4-12(5-7-24)15-21-20-14(23(15)3)10-22(2)8-9-25/h11-12,25H,4-10H2,1-3H3,(H,18,19). The lowest BCUT2D eigenvalue weighted by Crippen LogP contribution is -2.38. The van der Waals surface area contributed by atoms with Crippen molar-refractivity contribution in [1.82, 2.24) is 29.5 Å². The van der Waals surface area contributed by atoms with Crippen LogP contribution in [0.15, 0.2) is 5.38 Å². The molecule has 9 nitrogen and oxygen atoms in total. The smallest absolute Gasteiger partial charge is 0.273 e. The fourth-order valence-corrected chi connectivity index (χ4v) is 3.99. The van der Waals surface area contributed by atoms with Crippen molar-refractivity contribution in [2.45, 2.75) is 25.3 Å². The van der Waals surface area contributed by atoms with E-state index in [1.807, 2.05) is 23.9 Å². The van der Waals surface area contributed by atoms with Gasteiger partial charge >= 0.3 is 0 Å². The van der Waals surface area contributed by atoms with Crippen molar-refractivity contribution in [1.29, 1.82) is 0 Å². The predicted octanol–water partition coefficient (Wildman–Crippen LogP) is 0.757. The molecule has 1 fully saturated rings. The Morgan fingerprint density at radius 1 is 1.41 bits per heavy atom. The Morgan fingerprint density at radius 2 is 2.15 bits per heavy atom. The van der Waals surface area contributed by atoms with E-state index < -0.39 is 0 Å². The molecule has 1 aliphatic heterocycles. The molecule has 0 atom stereocenters. The number of likely N-dealkylation sites (tertiary alicyclic amines) is 1. The van der Waals surface area contributed by atoms with Crippen LogP contribution < -0.4 is 5.32 Å². The Kier molecular flexibility index (Phi) is 6.40. The maximum absolute atomic E-state index is 12.6. The molecule has 148 valence electrons. The zero-order valence-electron chi connectivity index (χ0n) is 16.1. The second kappa shape index (κ2) is 8.77. The average Bonchev–Trinajstić information content (AvgIpc) is 3.29. The molecule has 27 heavy (non-hydrogen) atoms. The number of aliphatic hydroxyl groups excluding tert-OH is 1. The Labute approximate surface area is 163 Å². The van der Waals surface area contributed by atoms with E-state index in [4.69, 9.17) is 5.11 Å². The van der Waals surface area contributed by atoms with Crippen molar-refractivity contribution in [3.63, 3.8) is 0 Å². The summed E-state index contributed by atoms with van der Waals surface area (Å²) in [5.74, 6) is 2.16. The molecule has 0 spiro atoms. The van der Waals surface area contributed by atoms with Crippen LogP contribution in [-0.4, -0.2) is 80.9 Å². The van der Waals surface area contributed by atoms with Gasteiger partial charge in [0.2, 0.25) is 0 Å². The second-order valence-electron chi connectivity index (χ2n) is 6.85. The molecule has 1 amide bonds. The van der Waals surface area contributed by atoms with E-state index >= 15 is 0 Å². The summed E-state index contributed by atoms with van der Waals surface area (Å²) in [4.78, 5) is 20.8. The molecule has 2 aromatic rings. The fraction of sp³-hybridized carbons (Fsp3) is 0.647. The first-order valence-electron chi connectivity index (χ1n) is 9.13. The molecule has 0 aromatic carbocycles. The van der Waals surface area contributed by atoms with Gasteiger partial charge in [0.05, 0.1) is 13.2 Å². The number of carbonyl (C=O) groups excluding carboxylic acids is 1. The van der Waals surface area contributed by atoms with Gasteiger partial charge in [-0.05, 0) is 19.9 Å². The normalized spacial score (nSPS) is 15.5. The largest absolute Gasteiger partial charge is 0.395 e. The third-order valence-corrected chi connectivity index (χ3v) is 5.84. The van der Waals surface area contributed by atoms with E-state index in [1.165, 1.54) is 11.3 Å². The van der Waals surface area contributed by atoms with Gasteiger partial charge in [0.25, 0.3) is 5.91 Å². The Balaban J connectivity index is 1.59. The van der Waals surface area contributed by atoms with Crippen LogP contribution in [0.2, 0.25) is 0 Å². The molecule has 1 aliphatic rings. The highest BCUT2D eigenvalue weighted by atomic mass is 32.1. The molecule has 0 bridgehead atoms. The first-order chi connectivity index (χ1) is 13.0. The molecular weight excluding hydrogens is 366 g/mol. The van der Waals surface area contributed by atoms with Crippen LogP contribution in [0, 0.1) is 0 Å². The number of likely N-dealkylation sites (N-methyl/N-ethyl adjacent to an activating group) is 1. The maximum Gasteiger partial charge on any atom is 0.273 e.